The molecule has 1 aromatic carbocycles. The molecule has 11 heteroatoms. The fraction of sp³-hybridized carbons (Fsp3) is 0.368. The predicted molar refractivity (Wildman–Crippen MR) is 105 cm³/mol. The molecule has 0 saturated carbocycles. The van der Waals surface area contributed by atoms with Crippen LogP contribution in [-0.2, 0) is 25.6 Å². The molecule has 1 aromatic heterocycles. The van der Waals surface area contributed by atoms with Gasteiger partial charge in [0, 0.05) is 23.5 Å². The van der Waals surface area contributed by atoms with Crippen LogP contribution in [0.15, 0.2) is 30.5 Å². The number of carbonyl (C=O) groups excluding carboxylic acids is 2. The number of hydrogen-bond acceptors (Lipinski definition) is 6. The lowest BCUT2D eigenvalue weighted by Gasteiger charge is -2.22. The van der Waals surface area contributed by atoms with E-state index in [4.69, 9.17) is 21.1 Å². The Hall–Kier alpha value is -3.44. The summed E-state index contributed by atoms with van der Waals surface area (Å²) in [5.74, 6) is -4.28. The van der Waals surface area contributed by atoms with Gasteiger partial charge in [0.2, 0.25) is 11.8 Å². The lowest BCUT2D eigenvalue weighted by Crippen LogP contribution is -2.55. The molecule has 3 atom stereocenters. The van der Waals surface area contributed by atoms with Crippen LogP contribution < -0.4 is 16.4 Å². The molecule has 11 nitrogen and oxygen atoms in total. The van der Waals surface area contributed by atoms with Crippen molar-refractivity contribution in [1.29, 1.82) is 0 Å². The summed E-state index contributed by atoms with van der Waals surface area (Å²) < 4.78 is 0. The van der Waals surface area contributed by atoms with Gasteiger partial charge in [0.25, 0.3) is 0 Å². The first kappa shape index (κ1) is 22.8. The second-order valence-electron chi connectivity index (χ2n) is 6.75. The minimum atomic E-state index is -1.58. The van der Waals surface area contributed by atoms with E-state index in [1.807, 2.05) is 24.3 Å². The van der Waals surface area contributed by atoms with Crippen LogP contribution in [0.1, 0.15) is 18.4 Å². The number of nitrogens with two attached hydrogens (primary N) is 1. The zero-order valence-corrected chi connectivity index (χ0v) is 16.0. The molecule has 0 aliphatic carbocycles. The molecule has 0 saturated heterocycles. The van der Waals surface area contributed by atoms with Crippen molar-refractivity contribution in [3.63, 3.8) is 0 Å². The third-order valence-corrected chi connectivity index (χ3v) is 4.53. The fourth-order valence-electron chi connectivity index (χ4n) is 2.90. The van der Waals surface area contributed by atoms with Gasteiger partial charge in [-0.15, -0.1) is 0 Å². The third-order valence-electron chi connectivity index (χ3n) is 4.53. The van der Waals surface area contributed by atoms with Crippen molar-refractivity contribution in [1.82, 2.24) is 15.6 Å². The molecule has 0 bridgehead atoms. The van der Waals surface area contributed by atoms with Gasteiger partial charge in [0.15, 0.2) is 0 Å². The summed E-state index contributed by atoms with van der Waals surface area (Å²) in [6.45, 7) is -0.860. The Morgan fingerprint density at radius 2 is 1.70 bits per heavy atom. The number of fused-ring (bicyclic) bond motifs is 1. The van der Waals surface area contributed by atoms with Crippen LogP contribution in [0.5, 0.6) is 0 Å². The highest BCUT2D eigenvalue weighted by Crippen LogP contribution is 2.18. The number of benzene rings is 1. The van der Waals surface area contributed by atoms with Gasteiger partial charge >= 0.3 is 11.9 Å². The number of carboxylic acid groups (broad SMARTS) is 2. The van der Waals surface area contributed by atoms with Crippen molar-refractivity contribution in [3.05, 3.63) is 36.0 Å². The molecule has 1 heterocycles. The summed E-state index contributed by atoms with van der Waals surface area (Å²) >= 11 is 0. The summed E-state index contributed by atoms with van der Waals surface area (Å²) in [6.07, 6.45) is 1.18. The number of H-pyrrole nitrogens is 1. The van der Waals surface area contributed by atoms with Gasteiger partial charge in [-0.05, 0) is 24.5 Å². The number of nitrogens with one attached hydrogen (secondary N) is 3. The number of aliphatic hydroxyl groups is 1. The summed E-state index contributed by atoms with van der Waals surface area (Å²) in [7, 11) is 0. The van der Waals surface area contributed by atoms with E-state index in [0.717, 1.165) is 16.5 Å². The van der Waals surface area contributed by atoms with Crippen LogP contribution in [0.4, 0.5) is 0 Å². The number of aromatic nitrogens is 1. The third kappa shape index (κ3) is 6.03. The topological polar surface area (TPSA) is 195 Å². The zero-order valence-electron chi connectivity index (χ0n) is 16.0. The Bertz CT molecular complexity index is 926. The molecular weight excluding hydrogens is 396 g/mol. The fourth-order valence-corrected chi connectivity index (χ4v) is 2.90. The highest BCUT2D eigenvalue weighted by atomic mass is 16.4. The maximum Gasteiger partial charge on any atom is 0.328 e. The van der Waals surface area contributed by atoms with Gasteiger partial charge in [0.1, 0.15) is 12.1 Å². The molecular formula is C19H24N4O7. The Morgan fingerprint density at radius 1 is 1.03 bits per heavy atom. The average Bonchev–Trinajstić information content (AvgIpc) is 3.11. The maximum atomic E-state index is 12.5. The summed E-state index contributed by atoms with van der Waals surface area (Å²) in [6, 6.07) is 3.51. The Morgan fingerprint density at radius 3 is 2.33 bits per heavy atom. The van der Waals surface area contributed by atoms with Gasteiger partial charge in [-0.25, -0.2) is 4.79 Å². The normalized spacial score (nSPS) is 13.9. The molecule has 30 heavy (non-hydrogen) atoms. The Labute approximate surface area is 171 Å². The van der Waals surface area contributed by atoms with Gasteiger partial charge in [-0.3, -0.25) is 14.4 Å². The molecule has 0 radical (unpaired) electrons. The number of carbonyl (C=O) groups is 4. The van der Waals surface area contributed by atoms with Crippen molar-refractivity contribution in [3.8, 4) is 0 Å². The van der Waals surface area contributed by atoms with E-state index >= 15 is 0 Å². The molecule has 2 rings (SSSR count). The predicted octanol–water partition coefficient (Wildman–Crippen LogP) is -1.05. The molecule has 0 aliphatic rings. The Balaban J connectivity index is 2.07. The minimum absolute atomic E-state index is 0.164. The van der Waals surface area contributed by atoms with E-state index in [9.17, 15) is 19.2 Å². The van der Waals surface area contributed by atoms with E-state index in [1.54, 1.807) is 6.20 Å². The number of aliphatic carboxylic acids is 2. The quantitative estimate of drug-likeness (QED) is 0.239. The second-order valence-corrected chi connectivity index (χ2v) is 6.75. The number of para-hydroxylation sites is 1. The molecule has 2 aromatic rings. The first-order valence-corrected chi connectivity index (χ1v) is 9.19. The monoisotopic (exact) mass is 420 g/mol. The molecule has 0 spiro atoms. The second kappa shape index (κ2) is 10.4. The van der Waals surface area contributed by atoms with E-state index in [-0.39, 0.29) is 12.8 Å². The van der Waals surface area contributed by atoms with Crippen molar-refractivity contribution in [2.24, 2.45) is 5.73 Å². The molecule has 162 valence electrons. The molecule has 2 amide bonds. The number of aromatic amines is 1. The number of amides is 2. The number of aliphatic hydroxyl groups excluding tert-OH is 1. The van der Waals surface area contributed by atoms with Crippen LogP contribution in [0, 0.1) is 0 Å². The molecule has 0 fully saturated rings. The first-order valence-electron chi connectivity index (χ1n) is 9.19. The van der Waals surface area contributed by atoms with Crippen molar-refractivity contribution in [2.75, 3.05) is 6.61 Å². The highest BCUT2D eigenvalue weighted by molar-refractivity contribution is 5.92. The largest absolute Gasteiger partial charge is 0.481 e. The SMILES string of the molecule is N[C@@H](Cc1c[nH]c2ccccc12)C(=O)N[C@@H](CCC(=O)O)C(=O)N[C@@H](CO)C(=O)O. The van der Waals surface area contributed by atoms with Gasteiger partial charge < -0.3 is 36.7 Å². The standard InChI is InChI=1S/C19H24N4O7/c20-12(7-10-8-21-13-4-2-1-3-11(10)13)17(27)22-14(5-6-16(25)26)18(28)23-15(9-24)19(29)30/h1-4,8,12,14-15,21,24H,5-7,9,20H2,(H,22,27)(H,23,28)(H,25,26)(H,29,30)/t12-,14-,15-/m0/s1. The summed E-state index contributed by atoms with van der Waals surface area (Å²) in [5, 5.41) is 32.2. The summed E-state index contributed by atoms with van der Waals surface area (Å²) in [5.41, 5.74) is 7.65. The van der Waals surface area contributed by atoms with Crippen LogP contribution >= 0.6 is 0 Å². The molecule has 0 aliphatic heterocycles. The van der Waals surface area contributed by atoms with Crippen molar-refractivity contribution in [2.45, 2.75) is 37.4 Å². The lowest BCUT2D eigenvalue weighted by atomic mass is 10.0. The van der Waals surface area contributed by atoms with Crippen LogP contribution in [0.3, 0.4) is 0 Å². The van der Waals surface area contributed by atoms with Gasteiger partial charge in [-0.2, -0.15) is 0 Å². The number of rotatable bonds is 11. The van der Waals surface area contributed by atoms with E-state index in [2.05, 4.69) is 15.6 Å². The van der Waals surface area contributed by atoms with E-state index < -0.39 is 54.9 Å². The van der Waals surface area contributed by atoms with Gasteiger partial charge in [-0.1, -0.05) is 18.2 Å². The average molecular weight is 420 g/mol. The highest BCUT2D eigenvalue weighted by Gasteiger charge is 2.28. The summed E-state index contributed by atoms with van der Waals surface area (Å²) in [4.78, 5) is 49.8. The lowest BCUT2D eigenvalue weighted by molar-refractivity contribution is -0.144. The van der Waals surface area contributed by atoms with Crippen molar-refractivity contribution < 1.29 is 34.5 Å². The van der Waals surface area contributed by atoms with E-state index in [1.165, 1.54) is 0 Å². The molecule has 0 unspecified atom stereocenters. The van der Waals surface area contributed by atoms with Gasteiger partial charge in [0.05, 0.1) is 12.6 Å². The smallest absolute Gasteiger partial charge is 0.328 e. The zero-order chi connectivity index (χ0) is 22.3. The minimum Gasteiger partial charge on any atom is -0.481 e. The molecule has 8 N–H and O–H groups in total. The maximum absolute atomic E-state index is 12.5. The Kier molecular flexibility index (Phi) is 7.90. The number of carboxylic acids is 2. The number of hydrogen-bond donors (Lipinski definition) is 7. The first-order chi connectivity index (χ1) is 14.2. The van der Waals surface area contributed by atoms with E-state index in [0.29, 0.717) is 0 Å². The van der Waals surface area contributed by atoms with Crippen LogP contribution in [0.25, 0.3) is 10.9 Å². The van der Waals surface area contributed by atoms with Crippen molar-refractivity contribution >= 4 is 34.7 Å². The van der Waals surface area contributed by atoms with Crippen LogP contribution in [0.2, 0.25) is 0 Å². The van der Waals surface area contributed by atoms with Crippen LogP contribution in [-0.4, -0.2) is 68.8 Å².